The lowest BCUT2D eigenvalue weighted by atomic mass is 9.89. The minimum Gasteiger partial charge on any atom is -0.0622 e. The molecule has 11 aromatic carbocycles. The second kappa shape index (κ2) is 10.3. The molecule has 11 aromatic rings. The van der Waals surface area contributed by atoms with E-state index in [1.165, 1.54) is 129 Å². The Bertz CT molecular complexity index is 3660. The van der Waals surface area contributed by atoms with Crippen LogP contribution in [0, 0.1) is 41.7 Å². The van der Waals surface area contributed by atoms with Gasteiger partial charge in [-0.05, 0) is 141 Å². The van der Waals surface area contributed by atoms with Gasteiger partial charge < -0.3 is 0 Å². The van der Waals surface area contributed by atoms with E-state index < -0.39 is 0 Å². The van der Waals surface area contributed by atoms with Gasteiger partial charge in [-0.15, -0.1) is 0 Å². The summed E-state index contributed by atoms with van der Waals surface area (Å²) in [7, 11) is 0. The Balaban J connectivity index is 1.48. The standard InChI is InChI=1S/C54H30/c1-3-15-31(16-4-1)45-35-21-9-7-19-33(35)29-43-47(45)41-27-28-42-48-44(30-34-20-8-10-22-36(34)46(48)32-17-5-2-6-18-32)54-50-40-26-14-12-24-38(40)37-23-11-13-25-39(37)49(50)53(43)51(41)52(42)54/h1-30H. The maximum absolute atomic E-state index is 2.49. The Morgan fingerprint density at radius 2 is 0.574 bits per heavy atom. The summed E-state index contributed by atoms with van der Waals surface area (Å²) >= 11 is 0. The smallest absolute Gasteiger partial charge is 0.000673 e. The van der Waals surface area contributed by atoms with Gasteiger partial charge in [0.25, 0.3) is 0 Å². The van der Waals surface area contributed by atoms with Crippen LogP contribution in [-0.2, 0) is 0 Å². The van der Waals surface area contributed by atoms with Crippen LogP contribution in [0.4, 0.5) is 0 Å². The van der Waals surface area contributed by atoms with Crippen molar-refractivity contribution < 1.29 is 0 Å². The fourth-order valence-corrected chi connectivity index (χ4v) is 10.4. The molecule has 0 saturated heterocycles. The average molecular weight is 679 g/mol. The van der Waals surface area contributed by atoms with E-state index in [0.29, 0.717) is 0 Å². The molecule has 0 aliphatic heterocycles. The normalized spacial score (nSPS) is 12.4. The van der Waals surface area contributed by atoms with Crippen molar-refractivity contribution in [2.75, 3.05) is 0 Å². The maximum atomic E-state index is 2.49. The van der Waals surface area contributed by atoms with Crippen molar-refractivity contribution in [3.8, 4) is 22.3 Å². The molecule has 2 aliphatic rings. The lowest BCUT2D eigenvalue weighted by Crippen LogP contribution is -1.90. The molecular weight excluding hydrogens is 649 g/mol. The number of benzene rings is 11. The monoisotopic (exact) mass is 678 g/mol. The SMILES string of the molecule is c1ccc(-c2c3c(cc4ccccc24)=c2c4c=3ccc3c4c(c4c5ccccc5c5ccccc5c24)=c2cc4ccccc4c(-c4ccccc4)c2=3)cc1. The zero-order chi connectivity index (χ0) is 35.1. The summed E-state index contributed by atoms with van der Waals surface area (Å²) in [5.41, 5.74) is 5.15. The molecular formula is C54H30. The number of hydrogen-bond donors (Lipinski definition) is 0. The van der Waals surface area contributed by atoms with Crippen LogP contribution in [0.1, 0.15) is 0 Å². The molecule has 0 atom stereocenters. The van der Waals surface area contributed by atoms with E-state index >= 15 is 0 Å². The second-order valence-electron chi connectivity index (χ2n) is 15.0. The molecule has 0 radical (unpaired) electrons. The van der Waals surface area contributed by atoms with Crippen LogP contribution in [0.2, 0.25) is 0 Å². The highest BCUT2D eigenvalue weighted by molar-refractivity contribution is 6.28. The molecule has 0 fully saturated rings. The molecule has 0 bridgehead atoms. The van der Waals surface area contributed by atoms with Crippen LogP contribution in [0.3, 0.4) is 0 Å². The summed E-state index contributed by atoms with van der Waals surface area (Å²) in [5.74, 6) is 0. The molecule has 2 aliphatic carbocycles. The zero-order valence-corrected chi connectivity index (χ0v) is 29.3. The fraction of sp³-hybridized carbons (Fsp3) is 0. The molecule has 0 amide bonds. The highest BCUT2D eigenvalue weighted by Crippen LogP contribution is 2.46. The van der Waals surface area contributed by atoms with Gasteiger partial charge in [-0.1, -0.05) is 170 Å². The lowest BCUT2D eigenvalue weighted by molar-refractivity contribution is 1.49. The molecule has 0 saturated carbocycles. The molecule has 0 heteroatoms. The predicted octanol–water partition coefficient (Wildman–Crippen LogP) is 13.7. The van der Waals surface area contributed by atoms with Crippen LogP contribution in [0.5, 0.6) is 0 Å². The van der Waals surface area contributed by atoms with Gasteiger partial charge in [-0.3, -0.25) is 0 Å². The Hall–Kier alpha value is -7.02. The molecule has 54 heavy (non-hydrogen) atoms. The van der Waals surface area contributed by atoms with Crippen LogP contribution in [-0.4, -0.2) is 0 Å². The number of fused-ring (bicyclic) bond motifs is 12. The summed E-state index contributed by atoms with van der Waals surface area (Å²) < 4.78 is 0. The average Bonchev–Trinajstić information content (AvgIpc) is 3.74. The maximum Gasteiger partial charge on any atom is -0.000673 e. The van der Waals surface area contributed by atoms with E-state index in [9.17, 15) is 0 Å². The van der Waals surface area contributed by atoms with Crippen molar-refractivity contribution in [2.24, 2.45) is 0 Å². The van der Waals surface area contributed by atoms with Gasteiger partial charge in [0.1, 0.15) is 0 Å². The van der Waals surface area contributed by atoms with Crippen molar-refractivity contribution in [1.82, 2.24) is 0 Å². The van der Waals surface area contributed by atoms with Crippen LogP contribution in [0.25, 0.3) is 86.9 Å². The lowest BCUT2D eigenvalue weighted by Gasteiger charge is -2.14. The van der Waals surface area contributed by atoms with Gasteiger partial charge in [-0.25, -0.2) is 0 Å². The summed E-state index contributed by atoms with van der Waals surface area (Å²) in [6, 6.07) is 68.2. The van der Waals surface area contributed by atoms with Gasteiger partial charge in [0.2, 0.25) is 0 Å². The van der Waals surface area contributed by atoms with Crippen molar-refractivity contribution in [3.05, 3.63) is 224 Å². The zero-order valence-electron chi connectivity index (χ0n) is 29.3. The van der Waals surface area contributed by atoms with Gasteiger partial charge in [0.15, 0.2) is 0 Å². The molecule has 0 aromatic heterocycles. The molecule has 0 spiro atoms. The first-order chi connectivity index (χ1) is 26.8. The van der Waals surface area contributed by atoms with E-state index in [4.69, 9.17) is 0 Å². The van der Waals surface area contributed by atoms with E-state index in [2.05, 4.69) is 182 Å². The molecule has 0 N–H and O–H groups in total. The summed E-state index contributed by atoms with van der Waals surface area (Å²) in [6.07, 6.45) is 0. The van der Waals surface area contributed by atoms with E-state index in [-0.39, 0.29) is 0 Å². The highest BCUT2D eigenvalue weighted by Gasteiger charge is 2.24. The summed E-state index contributed by atoms with van der Waals surface area (Å²) in [4.78, 5) is 0. The first kappa shape index (κ1) is 28.6. The Kier molecular flexibility index (Phi) is 5.45. The topological polar surface area (TPSA) is 0 Å². The van der Waals surface area contributed by atoms with Crippen molar-refractivity contribution in [3.63, 3.8) is 0 Å². The minimum absolute atomic E-state index is 1.26. The summed E-state index contributed by atoms with van der Waals surface area (Å²) in [6.45, 7) is 0. The largest absolute Gasteiger partial charge is 0.0622 e. The first-order valence-electron chi connectivity index (χ1n) is 18.9. The molecule has 0 nitrogen and oxygen atoms in total. The van der Waals surface area contributed by atoms with Crippen molar-refractivity contribution in [2.45, 2.75) is 0 Å². The van der Waals surface area contributed by atoms with Crippen LogP contribution < -0.4 is 0 Å². The Labute approximate surface area is 309 Å². The first-order valence-corrected chi connectivity index (χ1v) is 18.9. The molecule has 13 rings (SSSR count). The second-order valence-corrected chi connectivity index (χ2v) is 15.0. The molecule has 0 heterocycles. The number of hydrogen-bond acceptors (Lipinski definition) is 0. The van der Waals surface area contributed by atoms with Gasteiger partial charge in [-0.2, -0.15) is 0 Å². The molecule has 246 valence electrons. The third-order valence-corrected chi connectivity index (χ3v) is 12.4. The minimum atomic E-state index is 1.26. The van der Waals surface area contributed by atoms with E-state index in [1.54, 1.807) is 0 Å². The van der Waals surface area contributed by atoms with Gasteiger partial charge >= 0.3 is 0 Å². The third kappa shape index (κ3) is 3.49. The van der Waals surface area contributed by atoms with E-state index in [1.807, 2.05) is 0 Å². The quantitative estimate of drug-likeness (QED) is 0.126. The number of rotatable bonds is 2. The highest BCUT2D eigenvalue weighted by atomic mass is 14.3. The van der Waals surface area contributed by atoms with Crippen LogP contribution >= 0.6 is 0 Å². The summed E-state index contributed by atoms with van der Waals surface area (Å²) in [5, 5.41) is 26.7. The van der Waals surface area contributed by atoms with Gasteiger partial charge in [0.05, 0.1) is 0 Å². The van der Waals surface area contributed by atoms with E-state index in [0.717, 1.165) is 0 Å². The van der Waals surface area contributed by atoms with Crippen LogP contribution in [0.15, 0.2) is 182 Å². The molecule has 0 unspecified atom stereocenters. The fourth-order valence-electron chi connectivity index (χ4n) is 10.4. The Morgan fingerprint density at radius 3 is 1.00 bits per heavy atom. The third-order valence-electron chi connectivity index (χ3n) is 12.4. The Morgan fingerprint density at radius 1 is 0.222 bits per heavy atom. The van der Waals surface area contributed by atoms with Crippen molar-refractivity contribution in [1.29, 1.82) is 0 Å². The van der Waals surface area contributed by atoms with Crippen molar-refractivity contribution >= 4 is 64.6 Å². The predicted molar refractivity (Wildman–Crippen MR) is 226 cm³/mol. The van der Waals surface area contributed by atoms with Gasteiger partial charge in [0, 0.05) is 0 Å².